The van der Waals surface area contributed by atoms with Crippen molar-refractivity contribution < 1.29 is 24.9 Å². The van der Waals surface area contributed by atoms with E-state index >= 15 is 0 Å². The molecule has 2 heterocycles. The van der Waals surface area contributed by atoms with Crippen LogP contribution in [0.15, 0.2) is 42.5 Å². The Kier molecular flexibility index (Phi) is 5.13. The maximum absolute atomic E-state index is 12.1. The lowest BCUT2D eigenvalue weighted by Gasteiger charge is -2.30. The summed E-state index contributed by atoms with van der Waals surface area (Å²) in [4.78, 5) is 25.0. The third-order valence-corrected chi connectivity index (χ3v) is 6.83. The number of carbonyl (C=O) groups is 2. The fraction of sp³-hybridized carbons (Fsp3) is 0.360. The Labute approximate surface area is 185 Å². The highest BCUT2D eigenvalue weighted by Gasteiger charge is 2.32. The molecule has 1 unspecified atom stereocenters. The van der Waals surface area contributed by atoms with Gasteiger partial charge in [-0.05, 0) is 42.5 Å². The summed E-state index contributed by atoms with van der Waals surface area (Å²) in [7, 11) is 0. The van der Waals surface area contributed by atoms with Gasteiger partial charge in [-0.1, -0.05) is 43.5 Å². The minimum atomic E-state index is -1.10. The van der Waals surface area contributed by atoms with Gasteiger partial charge in [0.25, 0.3) is 0 Å². The van der Waals surface area contributed by atoms with Gasteiger partial charge in [0.1, 0.15) is 0 Å². The highest BCUT2D eigenvalue weighted by Crippen LogP contribution is 2.47. The number of carboxylic acid groups (broad SMARTS) is 2. The van der Waals surface area contributed by atoms with Crippen LogP contribution in [-0.2, 0) is 6.54 Å². The van der Waals surface area contributed by atoms with E-state index in [9.17, 15) is 24.9 Å². The maximum atomic E-state index is 12.1. The molecule has 0 spiro atoms. The van der Waals surface area contributed by atoms with E-state index in [2.05, 4.69) is 0 Å². The van der Waals surface area contributed by atoms with Gasteiger partial charge in [-0.25, -0.2) is 9.59 Å². The molecule has 166 valence electrons. The minimum Gasteiger partial charge on any atom is -0.478 e. The molecule has 5 rings (SSSR count). The smallest absolute Gasteiger partial charge is 0.411 e. The number of aromatic carboxylic acids is 1. The fourth-order valence-electron chi connectivity index (χ4n) is 5.46. The summed E-state index contributed by atoms with van der Waals surface area (Å²) in [5.74, 6) is -0.688. The van der Waals surface area contributed by atoms with Crippen molar-refractivity contribution >= 4 is 28.7 Å². The summed E-state index contributed by atoms with van der Waals surface area (Å²) in [6.07, 6.45) is 3.52. The molecule has 0 radical (unpaired) electrons. The summed E-state index contributed by atoms with van der Waals surface area (Å²) < 4.78 is 2.01. The Morgan fingerprint density at radius 3 is 2.41 bits per heavy atom. The Morgan fingerprint density at radius 1 is 0.938 bits per heavy atom. The second-order valence-electron chi connectivity index (χ2n) is 8.81. The standard InChI is InChI=1S/C25H26N2O5/c28-17-13-26-21-12-16(24(29)30)10-11-18(21)22(15-6-2-1-3-7-15)23(26)19-8-4-5-9-20(19)27(14-17)25(31)32/h4-5,8-12,15,17,28H,1-3,6-7,13-14H2,(H,29,30)(H,31,32). The fourth-order valence-corrected chi connectivity index (χ4v) is 5.46. The Morgan fingerprint density at radius 2 is 1.69 bits per heavy atom. The van der Waals surface area contributed by atoms with Crippen LogP contribution in [0.2, 0.25) is 0 Å². The van der Waals surface area contributed by atoms with E-state index in [4.69, 9.17) is 0 Å². The topological polar surface area (TPSA) is 103 Å². The van der Waals surface area contributed by atoms with Crippen LogP contribution in [0.1, 0.15) is 53.9 Å². The van der Waals surface area contributed by atoms with E-state index < -0.39 is 18.2 Å². The predicted octanol–water partition coefficient (Wildman–Crippen LogP) is 4.91. The number of rotatable bonds is 2. The molecule has 1 fully saturated rings. The van der Waals surface area contributed by atoms with Gasteiger partial charge >= 0.3 is 12.1 Å². The van der Waals surface area contributed by atoms with Crippen molar-refractivity contribution in [3.63, 3.8) is 0 Å². The predicted molar refractivity (Wildman–Crippen MR) is 122 cm³/mol. The van der Waals surface area contributed by atoms with Crippen LogP contribution in [0.3, 0.4) is 0 Å². The number of benzene rings is 2. The van der Waals surface area contributed by atoms with Gasteiger partial charge in [0.15, 0.2) is 0 Å². The summed E-state index contributed by atoms with van der Waals surface area (Å²) in [6, 6.07) is 12.6. The average Bonchev–Trinajstić information content (AvgIpc) is 3.09. The second-order valence-corrected chi connectivity index (χ2v) is 8.81. The normalized spacial score (nSPS) is 19.2. The molecule has 0 saturated heterocycles. The Balaban J connectivity index is 1.87. The molecule has 3 N–H and O–H groups in total. The molecule has 7 heteroatoms. The SMILES string of the molecule is O=C(O)c1ccc2c(C3CCCCC3)c3n(c2c1)CC(O)CN(C(=O)O)c1ccccc1-3. The van der Waals surface area contributed by atoms with Gasteiger partial charge in [-0.15, -0.1) is 0 Å². The van der Waals surface area contributed by atoms with Crippen LogP contribution in [0, 0.1) is 0 Å². The van der Waals surface area contributed by atoms with E-state index in [-0.39, 0.29) is 18.7 Å². The molecule has 2 aromatic carbocycles. The molecule has 0 bridgehead atoms. The van der Waals surface area contributed by atoms with Crippen molar-refractivity contribution in [2.45, 2.75) is 50.7 Å². The largest absolute Gasteiger partial charge is 0.478 e. The number of aliphatic hydroxyl groups excluding tert-OH is 1. The molecule has 1 atom stereocenters. The van der Waals surface area contributed by atoms with Crippen LogP contribution in [-0.4, -0.2) is 44.6 Å². The van der Waals surface area contributed by atoms with Gasteiger partial charge in [-0.3, -0.25) is 4.90 Å². The molecule has 1 saturated carbocycles. The molecule has 2 aliphatic rings. The third kappa shape index (κ3) is 3.33. The van der Waals surface area contributed by atoms with Crippen molar-refractivity contribution in [3.05, 3.63) is 53.6 Å². The van der Waals surface area contributed by atoms with Gasteiger partial charge < -0.3 is 19.9 Å². The quantitative estimate of drug-likeness (QED) is 0.532. The lowest BCUT2D eigenvalue weighted by molar-refractivity contribution is 0.0697. The van der Waals surface area contributed by atoms with Crippen LogP contribution in [0.5, 0.6) is 0 Å². The number of aromatic nitrogens is 1. The maximum Gasteiger partial charge on any atom is 0.411 e. The molecular formula is C25H26N2O5. The van der Waals surface area contributed by atoms with Crippen LogP contribution in [0.4, 0.5) is 10.5 Å². The van der Waals surface area contributed by atoms with Gasteiger partial charge in [-0.2, -0.15) is 0 Å². The van der Waals surface area contributed by atoms with E-state index in [0.717, 1.165) is 53.4 Å². The first kappa shape index (κ1) is 20.6. The molecule has 7 nitrogen and oxygen atoms in total. The van der Waals surface area contributed by atoms with E-state index in [0.29, 0.717) is 11.6 Å². The van der Waals surface area contributed by atoms with Gasteiger partial charge in [0, 0.05) is 16.5 Å². The van der Waals surface area contributed by atoms with Gasteiger partial charge in [0.05, 0.1) is 36.1 Å². The van der Waals surface area contributed by atoms with Crippen molar-refractivity contribution in [1.82, 2.24) is 4.57 Å². The number of para-hydroxylation sites is 1. The first-order valence-corrected chi connectivity index (χ1v) is 11.1. The number of nitrogens with zero attached hydrogens (tertiary/aromatic N) is 2. The zero-order chi connectivity index (χ0) is 22.4. The monoisotopic (exact) mass is 434 g/mol. The number of amides is 1. The number of anilines is 1. The van der Waals surface area contributed by atoms with Crippen molar-refractivity contribution in [2.24, 2.45) is 0 Å². The minimum absolute atomic E-state index is 0.0527. The summed E-state index contributed by atoms with van der Waals surface area (Å²) in [5.41, 5.74) is 4.36. The van der Waals surface area contributed by atoms with Crippen LogP contribution >= 0.6 is 0 Å². The first-order chi connectivity index (χ1) is 15.5. The Hall–Kier alpha value is -3.32. The zero-order valence-electron chi connectivity index (χ0n) is 17.7. The van der Waals surface area contributed by atoms with E-state index in [1.807, 2.05) is 22.8 Å². The molecule has 32 heavy (non-hydrogen) atoms. The van der Waals surface area contributed by atoms with Crippen molar-refractivity contribution in [2.75, 3.05) is 11.4 Å². The molecule has 1 aliphatic heterocycles. The Bertz CT molecular complexity index is 1210. The zero-order valence-corrected chi connectivity index (χ0v) is 17.7. The summed E-state index contributed by atoms with van der Waals surface area (Å²) in [6.45, 7) is 0.141. The lowest BCUT2D eigenvalue weighted by atomic mass is 9.81. The van der Waals surface area contributed by atoms with Crippen LogP contribution < -0.4 is 4.90 Å². The van der Waals surface area contributed by atoms with Crippen LogP contribution in [0.25, 0.3) is 22.2 Å². The second kappa shape index (κ2) is 7.98. The molecule has 1 aromatic heterocycles. The third-order valence-electron chi connectivity index (χ3n) is 6.83. The number of carboxylic acids is 1. The number of hydrogen-bond acceptors (Lipinski definition) is 3. The highest BCUT2D eigenvalue weighted by molar-refractivity contribution is 6.01. The summed E-state index contributed by atoms with van der Waals surface area (Å²) >= 11 is 0. The average molecular weight is 434 g/mol. The van der Waals surface area contributed by atoms with Crippen molar-refractivity contribution in [1.29, 1.82) is 0 Å². The molecule has 1 aliphatic carbocycles. The lowest BCUT2D eigenvalue weighted by Crippen LogP contribution is -2.40. The van der Waals surface area contributed by atoms with Gasteiger partial charge in [0.2, 0.25) is 0 Å². The summed E-state index contributed by atoms with van der Waals surface area (Å²) in [5, 5.41) is 31.3. The van der Waals surface area contributed by atoms with E-state index in [1.54, 1.807) is 24.3 Å². The molecule has 1 amide bonds. The number of hydrogen-bond donors (Lipinski definition) is 3. The number of fused-ring (bicyclic) bond motifs is 5. The number of aliphatic hydroxyl groups is 1. The molecule has 3 aromatic rings. The van der Waals surface area contributed by atoms with E-state index in [1.165, 1.54) is 11.3 Å². The molecular weight excluding hydrogens is 408 g/mol. The number of β-amino-alcohol motifs (C(OH)–C–C–N with tert-alkyl or cyclic N) is 1. The first-order valence-electron chi connectivity index (χ1n) is 11.1. The highest BCUT2D eigenvalue weighted by atomic mass is 16.4. The van der Waals surface area contributed by atoms with Crippen molar-refractivity contribution in [3.8, 4) is 11.3 Å².